The molecule has 6 heteroatoms. The van der Waals surface area contributed by atoms with Crippen LogP contribution in [0.2, 0.25) is 10.0 Å². The Bertz CT molecular complexity index is 604. The van der Waals surface area contributed by atoms with Gasteiger partial charge in [-0.05, 0) is 30.3 Å². The predicted octanol–water partition coefficient (Wildman–Crippen LogP) is 4.40. The molecule has 0 aliphatic heterocycles. The van der Waals surface area contributed by atoms with E-state index in [0.29, 0.717) is 15.7 Å². The minimum Gasteiger partial charge on any atom is -0.319 e. The Morgan fingerprint density at radius 2 is 2.00 bits per heavy atom. The lowest BCUT2D eigenvalue weighted by Gasteiger charge is -2.07. The average molecular weight is 346 g/mol. The van der Waals surface area contributed by atoms with E-state index in [1.807, 2.05) is 0 Å². The molecule has 2 aromatic rings. The van der Waals surface area contributed by atoms with E-state index < -0.39 is 0 Å². The van der Waals surface area contributed by atoms with Crippen molar-refractivity contribution in [2.75, 3.05) is 5.32 Å². The lowest BCUT2D eigenvalue weighted by molar-refractivity contribution is 0.102. The molecule has 0 aliphatic carbocycles. The zero-order valence-electron chi connectivity index (χ0n) is 8.95. The van der Waals surface area contributed by atoms with Crippen LogP contribution in [0, 0.1) is 0 Å². The number of rotatable bonds is 2. The van der Waals surface area contributed by atoms with Crippen molar-refractivity contribution < 1.29 is 4.79 Å². The lowest BCUT2D eigenvalue weighted by atomic mass is 10.3. The predicted molar refractivity (Wildman–Crippen MR) is 76.4 cm³/mol. The van der Waals surface area contributed by atoms with Gasteiger partial charge in [-0.15, -0.1) is 0 Å². The van der Waals surface area contributed by atoms with Gasteiger partial charge in [0.1, 0.15) is 5.69 Å². The van der Waals surface area contributed by atoms with Gasteiger partial charge in [0.25, 0.3) is 5.91 Å². The zero-order chi connectivity index (χ0) is 13.1. The number of amides is 1. The second-order valence-corrected chi connectivity index (χ2v) is 5.20. The molecule has 0 unspecified atom stereocenters. The second-order valence-electron chi connectivity index (χ2n) is 3.44. The van der Waals surface area contributed by atoms with Crippen LogP contribution >= 0.6 is 39.1 Å². The summed E-state index contributed by atoms with van der Waals surface area (Å²) in [5, 5.41) is 3.57. The third-order valence-electron chi connectivity index (χ3n) is 2.13. The van der Waals surface area contributed by atoms with Crippen LogP contribution in [0.3, 0.4) is 0 Å². The standard InChI is InChI=1S/C12H7BrCl2N2O/c13-7-1-2-10(9(15)5-7)17-12(18)11-6-8(14)3-4-16-11/h1-6H,(H,17,18). The van der Waals surface area contributed by atoms with Crippen LogP contribution in [-0.2, 0) is 0 Å². The van der Waals surface area contributed by atoms with E-state index in [9.17, 15) is 4.79 Å². The van der Waals surface area contributed by atoms with Gasteiger partial charge in [-0.25, -0.2) is 0 Å². The molecule has 0 fully saturated rings. The molecule has 1 N–H and O–H groups in total. The van der Waals surface area contributed by atoms with E-state index in [2.05, 4.69) is 26.2 Å². The fourth-order valence-corrected chi connectivity index (χ4v) is 2.19. The van der Waals surface area contributed by atoms with Gasteiger partial charge < -0.3 is 5.32 Å². The van der Waals surface area contributed by atoms with E-state index in [1.54, 1.807) is 24.3 Å². The molecule has 0 aliphatic rings. The number of hydrogen-bond donors (Lipinski definition) is 1. The molecule has 2 rings (SSSR count). The number of nitrogens with one attached hydrogen (secondary N) is 1. The number of halogens is 3. The number of carbonyl (C=O) groups excluding carboxylic acids is 1. The average Bonchev–Trinajstić information content (AvgIpc) is 2.32. The third-order valence-corrected chi connectivity index (χ3v) is 3.18. The molecule has 0 radical (unpaired) electrons. The van der Waals surface area contributed by atoms with Crippen molar-refractivity contribution in [2.24, 2.45) is 0 Å². The van der Waals surface area contributed by atoms with Crippen molar-refractivity contribution >= 4 is 50.7 Å². The molecule has 1 aromatic carbocycles. The van der Waals surface area contributed by atoms with Crippen LogP contribution in [0.25, 0.3) is 0 Å². The molecule has 1 heterocycles. The lowest BCUT2D eigenvalue weighted by Crippen LogP contribution is -2.13. The molecular weight excluding hydrogens is 339 g/mol. The summed E-state index contributed by atoms with van der Waals surface area (Å²) in [5.41, 5.74) is 0.758. The molecule has 0 bridgehead atoms. The highest BCUT2D eigenvalue weighted by atomic mass is 79.9. The summed E-state index contributed by atoms with van der Waals surface area (Å²) in [6.07, 6.45) is 1.47. The fraction of sp³-hybridized carbons (Fsp3) is 0. The summed E-state index contributed by atoms with van der Waals surface area (Å²) in [6.45, 7) is 0. The van der Waals surface area contributed by atoms with E-state index >= 15 is 0 Å². The monoisotopic (exact) mass is 344 g/mol. The van der Waals surface area contributed by atoms with Crippen molar-refractivity contribution in [3.63, 3.8) is 0 Å². The van der Waals surface area contributed by atoms with Crippen LogP contribution in [0.1, 0.15) is 10.5 Å². The van der Waals surface area contributed by atoms with Gasteiger partial charge in [0, 0.05) is 15.7 Å². The van der Waals surface area contributed by atoms with E-state index in [0.717, 1.165) is 4.47 Å². The Morgan fingerprint density at radius 3 is 2.67 bits per heavy atom. The van der Waals surface area contributed by atoms with Crippen molar-refractivity contribution in [3.05, 3.63) is 56.7 Å². The summed E-state index contributed by atoms with van der Waals surface area (Å²) >= 11 is 15.1. The molecule has 92 valence electrons. The topological polar surface area (TPSA) is 42.0 Å². The van der Waals surface area contributed by atoms with Gasteiger partial charge in [0.2, 0.25) is 0 Å². The number of benzene rings is 1. The normalized spacial score (nSPS) is 10.2. The molecule has 0 atom stereocenters. The highest BCUT2D eigenvalue weighted by molar-refractivity contribution is 9.10. The molecular formula is C12H7BrCl2N2O. The fourth-order valence-electron chi connectivity index (χ4n) is 1.31. The minimum absolute atomic E-state index is 0.237. The number of carbonyl (C=O) groups is 1. The van der Waals surface area contributed by atoms with E-state index in [-0.39, 0.29) is 11.6 Å². The number of pyridine rings is 1. The molecule has 0 saturated heterocycles. The Hall–Kier alpha value is -1.10. The van der Waals surface area contributed by atoms with Crippen LogP contribution in [0.5, 0.6) is 0 Å². The molecule has 0 saturated carbocycles. The Morgan fingerprint density at radius 1 is 1.22 bits per heavy atom. The number of nitrogens with zero attached hydrogens (tertiary/aromatic N) is 1. The SMILES string of the molecule is O=C(Nc1ccc(Br)cc1Cl)c1cc(Cl)ccn1. The molecule has 0 spiro atoms. The first-order valence-electron chi connectivity index (χ1n) is 4.94. The van der Waals surface area contributed by atoms with Crippen molar-refractivity contribution in [3.8, 4) is 0 Å². The van der Waals surface area contributed by atoms with Crippen molar-refractivity contribution in [1.82, 2.24) is 4.98 Å². The smallest absolute Gasteiger partial charge is 0.274 e. The van der Waals surface area contributed by atoms with Crippen LogP contribution in [-0.4, -0.2) is 10.9 Å². The summed E-state index contributed by atoms with van der Waals surface area (Å²) in [7, 11) is 0. The van der Waals surface area contributed by atoms with Crippen LogP contribution in [0.4, 0.5) is 5.69 Å². The van der Waals surface area contributed by atoms with Gasteiger partial charge in [-0.3, -0.25) is 9.78 Å². The van der Waals surface area contributed by atoms with Gasteiger partial charge in [0.15, 0.2) is 0 Å². The second kappa shape index (κ2) is 5.69. The van der Waals surface area contributed by atoms with Gasteiger partial charge in [-0.1, -0.05) is 39.1 Å². The Kier molecular flexibility index (Phi) is 4.22. The van der Waals surface area contributed by atoms with E-state index in [1.165, 1.54) is 12.3 Å². The molecule has 3 nitrogen and oxygen atoms in total. The highest BCUT2D eigenvalue weighted by Crippen LogP contribution is 2.26. The summed E-state index contributed by atoms with van der Waals surface area (Å²) in [4.78, 5) is 15.8. The highest BCUT2D eigenvalue weighted by Gasteiger charge is 2.10. The van der Waals surface area contributed by atoms with Gasteiger partial charge in [0.05, 0.1) is 10.7 Å². The quantitative estimate of drug-likeness (QED) is 0.876. The third kappa shape index (κ3) is 3.22. The Labute approximate surface area is 122 Å². The number of hydrogen-bond acceptors (Lipinski definition) is 2. The molecule has 1 amide bonds. The number of anilines is 1. The van der Waals surface area contributed by atoms with E-state index in [4.69, 9.17) is 23.2 Å². The zero-order valence-corrected chi connectivity index (χ0v) is 12.1. The first-order valence-corrected chi connectivity index (χ1v) is 6.49. The Balaban J connectivity index is 2.21. The van der Waals surface area contributed by atoms with Crippen molar-refractivity contribution in [2.45, 2.75) is 0 Å². The molecule has 18 heavy (non-hydrogen) atoms. The summed E-state index contributed by atoms with van der Waals surface area (Å²) < 4.78 is 0.839. The largest absolute Gasteiger partial charge is 0.319 e. The van der Waals surface area contributed by atoms with Crippen LogP contribution < -0.4 is 5.32 Å². The van der Waals surface area contributed by atoms with Gasteiger partial charge in [-0.2, -0.15) is 0 Å². The number of aromatic nitrogens is 1. The first-order chi connectivity index (χ1) is 8.56. The maximum Gasteiger partial charge on any atom is 0.274 e. The summed E-state index contributed by atoms with van der Waals surface area (Å²) in [6, 6.07) is 8.28. The van der Waals surface area contributed by atoms with Gasteiger partial charge >= 0.3 is 0 Å². The summed E-state index contributed by atoms with van der Waals surface area (Å²) in [5.74, 6) is -0.360. The maximum atomic E-state index is 11.9. The van der Waals surface area contributed by atoms with Crippen molar-refractivity contribution in [1.29, 1.82) is 0 Å². The minimum atomic E-state index is -0.360. The maximum absolute atomic E-state index is 11.9. The first kappa shape index (κ1) is 13.3. The molecule has 1 aromatic heterocycles. The van der Waals surface area contributed by atoms with Crippen LogP contribution in [0.15, 0.2) is 41.0 Å².